The monoisotopic (exact) mass is 386 g/mol. The zero-order chi connectivity index (χ0) is 9.07. The third kappa shape index (κ3) is 15.2. The zero-order valence-corrected chi connectivity index (χ0v) is 18.5. The summed E-state index contributed by atoms with van der Waals surface area (Å²) in [6.07, 6.45) is 0. The van der Waals surface area contributed by atoms with Crippen molar-refractivity contribution in [3.8, 4) is 0 Å². The third-order valence-electron chi connectivity index (χ3n) is 0.582. The topological polar surface area (TPSA) is 0 Å². The van der Waals surface area contributed by atoms with E-state index < -0.39 is 0 Å². The Bertz CT molecular complexity index is 56.4. The largest absolute Gasteiger partial charge is 0.110 e. The predicted molar refractivity (Wildman–Crippen MR) is 103 cm³/mol. The summed E-state index contributed by atoms with van der Waals surface area (Å²) < 4.78 is 0. The molecule has 0 aromatic heterocycles. The molecule has 12 unspecified atom stereocenters. The number of hydrogen-bond donors (Lipinski definition) is 0. The van der Waals surface area contributed by atoms with Crippen LogP contribution in [-0.2, 0) is 0 Å². The minimum Gasteiger partial charge on any atom is -0.110 e. The molecule has 0 saturated carbocycles. The Morgan fingerprint density at radius 3 is 0.917 bits per heavy atom. The second-order valence-electron chi connectivity index (χ2n) is 1.29. The summed E-state index contributed by atoms with van der Waals surface area (Å²) in [7, 11) is 18.6. The summed E-state index contributed by atoms with van der Waals surface area (Å²) in [4.78, 5) is 0. The summed E-state index contributed by atoms with van der Waals surface area (Å²) in [6, 6.07) is 0. The van der Waals surface area contributed by atoms with Gasteiger partial charge in [0.05, 0.1) is 0 Å². The summed E-state index contributed by atoms with van der Waals surface area (Å²) >= 11 is 0. The summed E-state index contributed by atoms with van der Waals surface area (Å²) in [5, 5.41) is 0. The molecule has 0 radical (unpaired) electrons. The van der Waals surface area contributed by atoms with Crippen LogP contribution in [0.25, 0.3) is 0 Å². The van der Waals surface area contributed by atoms with E-state index in [4.69, 9.17) is 0 Å². The second-order valence-corrected chi connectivity index (χ2v) is 34.8. The van der Waals surface area contributed by atoms with Crippen LogP contribution >= 0.6 is 97.4 Å². The van der Waals surface area contributed by atoms with Gasteiger partial charge < -0.3 is 0 Å². The van der Waals surface area contributed by atoms with Gasteiger partial charge >= 0.3 is 0 Å². The molecular weight excluding hydrogens is 372 g/mol. The Kier molecular flexibility index (Phi) is 23.1. The molecule has 0 bridgehead atoms. The van der Waals surface area contributed by atoms with E-state index in [9.17, 15) is 0 Å². The molecule has 0 aromatic rings. The molecule has 0 nitrogen and oxygen atoms in total. The van der Waals surface area contributed by atoms with Gasteiger partial charge in [0.2, 0.25) is 0 Å². The molecule has 0 heterocycles. The molecule has 0 fully saturated rings. The van der Waals surface area contributed by atoms with Gasteiger partial charge in [-0.05, 0) is 0 Å². The average molecular weight is 386 g/mol. The van der Waals surface area contributed by atoms with Crippen LogP contribution in [0.1, 0.15) is 0 Å². The quantitative estimate of drug-likeness (QED) is 0.310. The van der Waals surface area contributed by atoms with Crippen LogP contribution in [0, 0.1) is 0 Å². The molecule has 0 aliphatic heterocycles. The van der Waals surface area contributed by atoms with Crippen molar-refractivity contribution in [1.29, 1.82) is 0 Å². The van der Waals surface area contributed by atoms with E-state index in [1.807, 2.05) is 0 Å². The van der Waals surface area contributed by atoms with Crippen LogP contribution in [-0.4, -0.2) is 0 Å². The van der Waals surface area contributed by atoms with E-state index in [-0.39, 0.29) is 0 Å². The standard InChI is InChI=1S/H14P12/c1-3-5-7-9-11-12-10-8-6-4-2/h3-12H,1-2H2. The highest BCUT2D eigenvalue weighted by Gasteiger charge is 1.88. The van der Waals surface area contributed by atoms with Gasteiger partial charge in [-0.15, -0.1) is 17.9 Å². The maximum Gasteiger partial charge on any atom is -0.0677 e. The zero-order valence-electron chi connectivity index (χ0n) is 6.15. The molecule has 0 aliphatic carbocycles. The SMILES string of the molecule is PPPPPPPPPPPP. The molecule has 74 valence electrons. The second kappa shape index (κ2) is 16.2. The van der Waals surface area contributed by atoms with E-state index >= 15 is 0 Å². The predicted octanol–water partition coefficient (Wildman–Crippen LogP) is 6.59. The minimum absolute atomic E-state index is 1.14. The molecule has 0 N–H and O–H groups in total. The number of rotatable bonds is 9. The molecular formula is H14P12. The lowest BCUT2D eigenvalue weighted by atomic mass is 29.0. The van der Waals surface area contributed by atoms with Gasteiger partial charge in [0.25, 0.3) is 0 Å². The maximum absolute atomic E-state index is 2.86. The summed E-state index contributed by atoms with van der Waals surface area (Å²) in [5.41, 5.74) is 0. The van der Waals surface area contributed by atoms with Crippen LogP contribution < -0.4 is 0 Å². The first-order valence-corrected chi connectivity index (χ1v) is 25.4. The van der Waals surface area contributed by atoms with Crippen molar-refractivity contribution in [3.05, 3.63) is 0 Å². The van der Waals surface area contributed by atoms with Crippen molar-refractivity contribution in [2.45, 2.75) is 0 Å². The first-order chi connectivity index (χ1) is 5.91. The van der Waals surface area contributed by atoms with Crippen molar-refractivity contribution < 1.29 is 0 Å². The Hall–Kier alpha value is 5.16. The van der Waals surface area contributed by atoms with Crippen molar-refractivity contribution in [1.82, 2.24) is 0 Å². The van der Waals surface area contributed by atoms with Crippen LogP contribution in [0.4, 0.5) is 0 Å². The lowest BCUT2D eigenvalue weighted by molar-refractivity contribution is 4.98. The van der Waals surface area contributed by atoms with Crippen molar-refractivity contribution in [3.63, 3.8) is 0 Å². The highest BCUT2D eigenvalue weighted by atomic mass is 32.9. The van der Waals surface area contributed by atoms with Crippen molar-refractivity contribution >= 4 is 97.4 Å². The van der Waals surface area contributed by atoms with E-state index in [2.05, 4.69) is 17.9 Å². The van der Waals surface area contributed by atoms with Gasteiger partial charge in [-0.1, -0.05) is 79.6 Å². The third-order valence-corrected chi connectivity index (χ3v) is 47.1. The Labute approximate surface area is 97.0 Å². The molecule has 0 amide bonds. The number of hydrogen-bond acceptors (Lipinski definition) is 0. The fourth-order valence-corrected chi connectivity index (χ4v) is 63.1. The van der Waals surface area contributed by atoms with Crippen LogP contribution in [0.3, 0.4) is 0 Å². The normalized spacial score (nSPS) is 20.5. The summed E-state index contributed by atoms with van der Waals surface area (Å²) in [6.45, 7) is 0. The minimum atomic E-state index is 1.14. The molecule has 0 rings (SSSR count). The Morgan fingerprint density at radius 1 is 0.417 bits per heavy atom. The van der Waals surface area contributed by atoms with E-state index in [0.717, 1.165) is 15.9 Å². The lowest BCUT2D eigenvalue weighted by Gasteiger charge is -2.01. The lowest BCUT2D eigenvalue weighted by Crippen LogP contribution is -1.08. The van der Waals surface area contributed by atoms with Crippen LogP contribution in [0.15, 0.2) is 0 Å². The molecule has 0 aliphatic rings. The first-order valence-electron chi connectivity index (χ1n) is 2.83. The molecule has 12 heavy (non-hydrogen) atoms. The van der Waals surface area contributed by atoms with Gasteiger partial charge in [0.1, 0.15) is 0 Å². The van der Waals surface area contributed by atoms with Crippen molar-refractivity contribution in [2.24, 2.45) is 0 Å². The van der Waals surface area contributed by atoms with E-state index in [1.165, 1.54) is 63.7 Å². The molecule has 12 atom stereocenters. The maximum atomic E-state index is 2.86. The summed E-state index contributed by atoms with van der Waals surface area (Å²) in [5.74, 6) is 0. The first kappa shape index (κ1) is 17.2. The van der Waals surface area contributed by atoms with E-state index in [1.54, 1.807) is 0 Å². The van der Waals surface area contributed by atoms with Gasteiger partial charge in [0, 0.05) is 0 Å². The van der Waals surface area contributed by atoms with Gasteiger partial charge in [-0.25, -0.2) is 0 Å². The van der Waals surface area contributed by atoms with E-state index in [0.29, 0.717) is 0 Å². The van der Waals surface area contributed by atoms with Crippen LogP contribution in [0.5, 0.6) is 0 Å². The highest BCUT2D eigenvalue weighted by Crippen LogP contribution is 2.81. The van der Waals surface area contributed by atoms with Crippen LogP contribution in [0.2, 0.25) is 0 Å². The van der Waals surface area contributed by atoms with Crippen molar-refractivity contribution in [2.75, 3.05) is 0 Å². The van der Waals surface area contributed by atoms with Gasteiger partial charge in [-0.3, -0.25) is 0 Å². The molecule has 0 spiro atoms. The molecule has 12 heteroatoms. The molecule has 0 saturated heterocycles. The average Bonchev–Trinajstić information content (AvgIpc) is 2.10. The molecule has 0 aromatic carbocycles. The van der Waals surface area contributed by atoms with Gasteiger partial charge in [0.15, 0.2) is 0 Å². The fraction of sp³-hybridized carbons (Fsp3) is 0. The Balaban J connectivity index is 2.73. The van der Waals surface area contributed by atoms with Gasteiger partial charge in [-0.2, -0.15) is 0 Å². The smallest absolute Gasteiger partial charge is 0.0677 e. The Morgan fingerprint density at radius 2 is 0.667 bits per heavy atom. The highest BCUT2D eigenvalue weighted by molar-refractivity contribution is 8.87. The fourth-order valence-electron chi connectivity index (χ4n) is 0.260.